The molecule has 0 amide bonds. The monoisotopic (exact) mass is 271 g/mol. The number of ketones is 1. The number of carbonyl (C=O) groups excluding carboxylic acids is 2. The summed E-state index contributed by atoms with van der Waals surface area (Å²) in [6, 6.07) is 12.1. The lowest BCUT2D eigenvalue weighted by molar-refractivity contribution is -0.129. The molecular weight excluding hydrogens is 250 g/mol. The summed E-state index contributed by atoms with van der Waals surface area (Å²) in [7, 11) is 0. The topological polar surface area (TPSA) is 47.0 Å². The van der Waals surface area contributed by atoms with Gasteiger partial charge >= 0.3 is 0 Å². The number of carbonyl (C=O) groups is 2. The van der Waals surface area contributed by atoms with Crippen LogP contribution in [-0.4, -0.2) is 17.1 Å². The van der Waals surface area contributed by atoms with Gasteiger partial charge in [0, 0.05) is 18.0 Å². The first-order chi connectivity index (χ1) is 9.77. The van der Waals surface area contributed by atoms with Crippen molar-refractivity contribution < 1.29 is 9.59 Å². The SMILES string of the molecule is C=C.CCCCC(=O)C=O.c1ccc2ncccc2c1. The van der Waals surface area contributed by atoms with Crippen LogP contribution in [0.3, 0.4) is 0 Å². The molecule has 3 nitrogen and oxygen atoms in total. The highest BCUT2D eigenvalue weighted by atomic mass is 16.2. The van der Waals surface area contributed by atoms with Gasteiger partial charge in [-0.3, -0.25) is 14.6 Å². The predicted molar refractivity (Wildman–Crippen MR) is 83.6 cm³/mol. The minimum atomic E-state index is -0.285. The summed E-state index contributed by atoms with van der Waals surface area (Å²) >= 11 is 0. The lowest BCUT2D eigenvalue weighted by Gasteiger charge is -1.91. The van der Waals surface area contributed by atoms with Crippen molar-refractivity contribution in [3.63, 3.8) is 0 Å². The highest BCUT2D eigenvalue weighted by Crippen LogP contribution is 2.07. The van der Waals surface area contributed by atoms with Gasteiger partial charge in [-0.15, -0.1) is 13.2 Å². The molecule has 0 bridgehead atoms. The maximum absolute atomic E-state index is 10.2. The van der Waals surface area contributed by atoms with E-state index in [0.717, 1.165) is 18.4 Å². The maximum atomic E-state index is 10.2. The lowest BCUT2D eigenvalue weighted by atomic mass is 10.2. The predicted octanol–water partition coefficient (Wildman–Crippen LogP) is 3.98. The van der Waals surface area contributed by atoms with Gasteiger partial charge in [0.15, 0.2) is 12.1 Å². The van der Waals surface area contributed by atoms with Crippen molar-refractivity contribution in [3.05, 3.63) is 55.8 Å². The fraction of sp³-hybridized carbons (Fsp3) is 0.235. The largest absolute Gasteiger partial charge is 0.295 e. The van der Waals surface area contributed by atoms with Crippen molar-refractivity contribution >= 4 is 23.0 Å². The molecule has 0 saturated carbocycles. The Kier molecular flexibility index (Phi) is 10.4. The van der Waals surface area contributed by atoms with Gasteiger partial charge in [-0.1, -0.05) is 37.6 Å². The van der Waals surface area contributed by atoms with Gasteiger partial charge in [-0.2, -0.15) is 0 Å². The summed E-state index contributed by atoms with van der Waals surface area (Å²) in [5, 5.41) is 1.20. The Balaban J connectivity index is 0.000000330. The van der Waals surface area contributed by atoms with Crippen molar-refractivity contribution in [2.24, 2.45) is 0 Å². The van der Waals surface area contributed by atoms with Crippen LogP contribution in [0.5, 0.6) is 0 Å². The summed E-state index contributed by atoms with van der Waals surface area (Å²) in [6.07, 6.45) is 4.41. The van der Waals surface area contributed by atoms with Gasteiger partial charge in [0.2, 0.25) is 0 Å². The molecule has 0 N–H and O–H groups in total. The van der Waals surface area contributed by atoms with Gasteiger partial charge in [0.25, 0.3) is 0 Å². The van der Waals surface area contributed by atoms with Crippen LogP contribution in [0.1, 0.15) is 26.2 Å². The number of pyridine rings is 1. The molecule has 0 radical (unpaired) electrons. The van der Waals surface area contributed by atoms with E-state index >= 15 is 0 Å². The second kappa shape index (κ2) is 11.8. The van der Waals surface area contributed by atoms with Crippen molar-refractivity contribution in [3.8, 4) is 0 Å². The van der Waals surface area contributed by atoms with Crippen molar-refractivity contribution in [2.75, 3.05) is 0 Å². The van der Waals surface area contributed by atoms with Crippen LogP contribution in [0.15, 0.2) is 55.8 Å². The molecule has 3 heteroatoms. The molecule has 1 aromatic carbocycles. The van der Waals surface area contributed by atoms with E-state index in [1.54, 1.807) is 0 Å². The number of unbranched alkanes of at least 4 members (excludes halogenated alkanes) is 1. The second-order valence-corrected chi connectivity index (χ2v) is 3.88. The van der Waals surface area contributed by atoms with Crippen LogP contribution >= 0.6 is 0 Å². The number of aromatic nitrogens is 1. The molecule has 0 spiro atoms. The molecule has 0 aliphatic rings. The second-order valence-electron chi connectivity index (χ2n) is 3.88. The van der Waals surface area contributed by atoms with Crippen LogP contribution in [0, 0.1) is 0 Å². The summed E-state index contributed by atoms with van der Waals surface area (Å²) < 4.78 is 0. The number of aldehydes is 1. The quantitative estimate of drug-likeness (QED) is 0.480. The van der Waals surface area contributed by atoms with Gasteiger partial charge in [-0.25, -0.2) is 0 Å². The van der Waals surface area contributed by atoms with Gasteiger partial charge in [-0.05, 0) is 18.6 Å². The van der Waals surface area contributed by atoms with Crippen LogP contribution < -0.4 is 0 Å². The Morgan fingerprint density at radius 1 is 1.20 bits per heavy atom. The van der Waals surface area contributed by atoms with Crippen molar-refractivity contribution in [1.82, 2.24) is 4.98 Å². The highest BCUT2D eigenvalue weighted by molar-refractivity contribution is 6.24. The smallest absolute Gasteiger partial charge is 0.195 e. The standard InChI is InChI=1S/C9H7N.C6H10O2.C2H4/c1-2-6-9-8(4-1)5-3-7-10-9;1-2-3-4-6(8)5-7;1-2/h1-7H;5H,2-4H2,1H3;1-2H2. The highest BCUT2D eigenvalue weighted by Gasteiger charge is 1.94. The fourth-order valence-electron chi connectivity index (χ4n) is 1.43. The normalized spacial score (nSPS) is 8.65. The molecule has 0 unspecified atom stereocenters. The zero-order valence-corrected chi connectivity index (χ0v) is 11.9. The number of Topliss-reactive ketones (excluding diaryl/α,β-unsaturated/α-hetero) is 1. The number of nitrogens with zero attached hydrogens (tertiary/aromatic N) is 1. The van der Waals surface area contributed by atoms with Gasteiger partial charge in [0.1, 0.15) is 0 Å². The third-order valence-corrected chi connectivity index (χ3v) is 2.42. The van der Waals surface area contributed by atoms with Crippen LogP contribution in [0.25, 0.3) is 10.9 Å². The molecular formula is C17H21NO2. The summed E-state index contributed by atoms with van der Waals surface area (Å²) in [6.45, 7) is 7.98. The summed E-state index contributed by atoms with van der Waals surface area (Å²) in [4.78, 5) is 24.0. The minimum absolute atomic E-state index is 0.285. The van der Waals surface area contributed by atoms with Gasteiger partial charge in [0.05, 0.1) is 5.52 Å². The van der Waals surface area contributed by atoms with E-state index in [9.17, 15) is 9.59 Å². The first-order valence-corrected chi connectivity index (χ1v) is 6.55. The third-order valence-electron chi connectivity index (χ3n) is 2.42. The first kappa shape index (κ1) is 17.7. The van der Waals surface area contributed by atoms with Crippen LogP contribution in [0.4, 0.5) is 0 Å². The Morgan fingerprint density at radius 3 is 2.45 bits per heavy atom. The maximum Gasteiger partial charge on any atom is 0.195 e. The van der Waals surface area contributed by atoms with E-state index in [-0.39, 0.29) is 5.78 Å². The molecule has 1 heterocycles. The number of hydrogen-bond acceptors (Lipinski definition) is 3. The van der Waals surface area contributed by atoms with E-state index in [4.69, 9.17) is 0 Å². The average Bonchev–Trinajstić information content (AvgIpc) is 2.55. The Labute approximate surface area is 120 Å². The first-order valence-electron chi connectivity index (χ1n) is 6.55. The molecule has 0 aliphatic heterocycles. The zero-order valence-electron chi connectivity index (χ0n) is 11.9. The van der Waals surface area contributed by atoms with Crippen LogP contribution in [0.2, 0.25) is 0 Å². The molecule has 2 rings (SSSR count). The summed E-state index contributed by atoms with van der Waals surface area (Å²) in [5.74, 6) is -0.285. The molecule has 0 fully saturated rings. The molecule has 2 aromatic rings. The average molecular weight is 271 g/mol. The van der Waals surface area contributed by atoms with E-state index < -0.39 is 0 Å². The lowest BCUT2D eigenvalue weighted by Crippen LogP contribution is -1.96. The van der Waals surface area contributed by atoms with Gasteiger partial charge < -0.3 is 0 Å². The number of benzene rings is 1. The van der Waals surface area contributed by atoms with Crippen LogP contribution in [-0.2, 0) is 9.59 Å². The number of rotatable bonds is 4. The molecule has 106 valence electrons. The number of para-hydroxylation sites is 1. The number of hydrogen-bond donors (Lipinski definition) is 0. The molecule has 20 heavy (non-hydrogen) atoms. The Bertz CT molecular complexity index is 458. The Hall–Kier alpha value is -2.29. The molecule has 1 aromatic heterocycles. The van der Waals surface area contributed by atoms with Crippen molar-refractivity contribution in [1.29, 1.82) is 0 Å². The number of fused-ring (bicyclic) bond motifs is 1. The Morgan fingerprint density at radius 2 is 1.85 bits per heavy atom. The molecule has 0 atom stereocenters. The van der Waals surface area contributed by atoms with E-state index in [0.29, 0.717) is 12.7 Å². The fourth-order valence-corrected chi connectivity index (χ4v) is 1.43. The van der Waals surface area contributed by atoms with Crippen molar-refractivity contribution in [2.45, 2.75) is 26.2 Å². The molecule has 0 saturated heterocycles. The summed E-state index contributed by atoms with van der Waals surface area (Å²) in [5.41, 5.74) is 1.06. The van der Waals surface area contributed by atoms with E-state index in [1.807, 2.05) is 37.4 Å². The molecule has 0 aliphatic carbocycles. The minimum Gasteiger partial charge on any atom is -0.295 e. The third kappa shape index (κ3) is 7.21. The zero-order chi connectivity index (χ0) is 15.2. The van der Waals surface area contributed by atoms with E-state index in [2.05, 4.69) is 30.3 Å². The van der Waals surface area contributed by atoms with E-state index in [1.165, 1.54) is 5.39 Å².